The molecule has 0 aliphatic heterocycles. The van der Waals surface area contributed by atoms with Crippen LogP contribution in [0, 0.1) is 19.3 Å². The van der Waals surface area contributed by atoms with Crippen molar-refractivity contribution >= 4 is 0 Å². The number of benzene rings is 1. The minimum absolute atomic E-state index is 0.0341. The lowest BCUT2D eigenvalue weighted by Crippen LogP contribution is -2.19. The van der Waals surface area contributed by atoms with E-state index in [2.05, 4.69) is 0 Å². The van der Waals surface area contributed by atoms with E-state index in [-0.39, 0.29) is 5.56 Å². The van der Waals surface area contributed by atoms with Crippen molar-refractivity contribution in [2.75, 3.05) is 7.11 Å². The molecule has 1 nitrogen and oxygen atoms in total. The van der Waals surface area contributed by atoms with Crippen LogP contribution in [0.5, 0.6) is 5.75 Å². The van der Waals surface area contributed by atoms with Crippen molar-refractivity contribution in [2.24, 2.45) is 0 Å². The number of aryl methyl sites for hydroxylation is 1. The molecule has 0 bridgehead atoms. The van der Waals surface area contributed by atoms with Gasteiger partial charge in [0.25, 0.3) is 0 Å². The summed E-state index contributed by atoms with van der Waals surface area (Å²) in [5, 5.41) is 0. The van der Waals surface area contributed by atoms with E-state index in [1.807, 2.05) is 0 Å². The number of halogens is 3. The molecule has 0 aromatic heterocycles. The number of methoxy groups -OCH3 is 1. The maximum Gasteiger partial charge on any atom is 0.406 e. The van der Waals surface area contributed by atoms with E-state index in [4.69, 9.17) is 11.2 Å². The summed E-state index contributed by atoms with van der Waals surface area (Å²) in [6, 6.07) is 4.37. The lowest BCUT2D eigenvalue weighted by Gasteiger charge is -2.16. The zero-order valence-corrected chi connectivity index (χ0v) is 8.93. The highest BCUT2D eigenvalue weighted by molar-refractivity contribution is 5.39. The minimum Gasteiger partial charge on any atom is -0.497 e. The van der Waals surface area contributed by atoms with Gasteiger partial charge in [0, 0.05) is 0 Å². The summed E-state index contributed by atoms with van der Waals surface area (Å²) in [7, 11) is 1.40. The highest BCUT2D eigenvalue weighted by atomic mass is 19.4. The first-order chi connectivity index (χ1) is 7.38. The maximum atomic E-state index is 12.6. The van der Waals surface area contributed by atoms with E-state index in [1.54, 1.807) is 18.9 Å². The van der Waals surface area contributed by atoms with Gasteiger partial charge in [0.15, 0.2) is 0 Å². The number of hydrogen-bond donors (Lipinski definition) is 0. The average molecular weight is 228 g/mol. The monoisotopic (exact) mass is 228 g/mol. The summed E-state index contributed by atoms with van der Waals surface area (Å²) in [4.78, 5) is 0. The van der Waals surface area contributed by atoms with E-state index >= 15 is 0 Å². The molecule has 1 aromatic carbocycles. The molecule has 0 fully saturated rings. The first-order valence-corrected chi connectivity index (χ1v) is 4.57. The number of hydrogen-bond acceptors (Lipinski definition) is 1. The van der Waals surface area contributed by atoms with Crippen molar-refractivity contribution in [1.29, 1.82) is 0 Å². The van der Waals surface area contributed by atoms with Crippen LogP contribution in [-0.4, -0.2) is 13.3 Å². The fraction of sp³-hybridized carbons (Fsp3) is 0.333. The summed E-state index contributed by atoms with van der Waals surface area (Å²) < 4.78 is 42.7. The number of ether oxygens (including phenoxy) is 1. The van der Waals surface area contributed by atoms with E-state index < -0.39 is 12.1 Å². The molecule has 0 radical (unpaired) electrons. The van der Waals surface area contributed by atoms with Crippen LogP contribution >= 0.6 is 0 Å². The Kier molecular flexibility index (Phi) is 3.48. The number of alkyl halides is 3. The molecule has 86 valence electrons. The molecule has 0 saturated heterocycles. The average Bonchev–Trinajstić information content (AvgIpc) is 2.15. The second-order valence-electron chi connectivity index (χ2n) is 3.42. The van der Waals surface area contributed by atoms with Gasteiger partial charge in [0.2, 0.25) is 0 Å². The molecule has 0 amide bonds. The van der Waals surface area contributed by atoms with Gasteiger partial charge < -0.3 is 4.74 Å². The second kappa shape index (κ2) is 4.48. The molecular formula is C12H11F3O. The summed E-state index contributed by atoms with van der Waals surface area (Å²) in [6.45, 7) is 1.69. The fourth-order valence-corrected chi connectivity index (χ4v) is 1.44. The van der Waals surface area contributed by atoms with Gasteiger partial charge in [0.05, 0.1) is 7.11 Å². The molecule has 1 aromatic rings. The standard InChI is InChI=1S/C12H11F3O/c1-4-11(12(13,14)15)9-5-8(2)6-10(7-9)16-3/h1,5-7,11H,2-3H3. The van der Waals surface area contributed by atoms with Crippen molar-refractivity contribution in [2.45, 2.75) is 19.0 Å². The zero-order chi connectivity index (χ0) is 12.3. The Balaban J connectivity index is 3.22. The largest absolute Gasteiger partial charge is 0.497 e. The molecular weight excluding hydrogens is 217 g/mol. The molecule has 1 unspecified atom stereocenters. The molecule has 0 heterocycles. The smallest absolute Gasteiger partial charge is 0.406 e. The van der Waals surface area contributed by atoms with Gasteiger partial charge in [-0.05, 0) is 30.2 Å². The van der Waals surface area contributed by atoms with Gasteiger partial charge in [-0.25, -0.2) is 0 Å². The Morgan fingerprint density at radius 2 is 1.94 bits per heavy atom. The molecule has 16 heavy (non-hydrogen) atoms. The Morgan fingerprint density at radius 1 is 1.31 bits per heavy atom. The molecule has 4 heteroatoms. The molecule has 0 aliphatic carbocycles. The molecule has 1 rings (SSSR count). The third-order valence-corrected chi connectivity index (χ3v) is 2.14. The summed E-state index contributed by atoms with van der Waals surface area (Å²) in [5.74, 6) is 0.243. The first kappa shape index (κ1) is 12.4. The number of terminal acetylenes is 1. The van der Waals surface area contributed by atoms with Gasteiger partial charge in [0.1, 0.15) is 11.7 Å². The van der Waals surface area contributed by atoms with Crippen LogP contribution in [0.15, 0.2) is 18.2 Å². The van der Waals surface area contributed by atoms with Crippen LogP contribution < -0.4 is 4.74 Å². The van der Waals surface area contributed by atoms with E-state index in [0.29, 0.717) is 11.3 Å². The summed E-state index contributed by atoms with van der Waals surface area (Å²) in [5.41, 5.74) is 0.714. The van der Waals surface area contributed by atoms with Gasteiger partial charge in [-0.3, -0.25) is 0 Å². The lowest BCUT2D eigenvalue weighted by atomic mass is 9.97. The van der Waals surface area contributed by atoms with Gasteiger partial charge in [-0.15, -0.1) is 6.42 Å². The van der Waals surface area contributed by atoms with Gasteiger partial charge in [-0.2, -0.15) is 13.2 Å². The normalized spacial score (nSPS) is 13.0. The van der Waals surface area contributed by atoms with Gasteiger partial charge >= 0.3 is 6.18 Å². The Bertz CT molecular complexity index is 415. The topological polar surface area (TPSA) is 9.23 Å². The minimum atomic E-state index is -4.44. The molecule has 0 N–H and O–H groups in total. The van der Waals surface area contributed by atoms with Crippen LogP contribution in [-0.2, 0) is 0 Å². The summed E-state index contributed by atoms with van der Waals surface area (Å²) >= 11 is 0. The highest BCUT2D eigenvalue weighted by Crippen LogP contribution is 2.35. The van der Waals surface area contributed by atoms with Crippen molar-refractivity contribution in [3.63, 3.8) is 0 Å². The van der Waals surface area contributed by atoms with Crippen LogP contribution in [0.2, 0.25) is 0 Å². The van der Waals surface area contributed by atoms with Crippen LogP contribution in [0.25, 0.3) is 0 Å². The molecule has 0 aliphatic rings. The van der Waals surface area contributed by atoms with Crippen LogP contribution in [0.1, 0.15) is 17.0 Å². The van der Waals surface area contributed by atoms with E-state index in [9.17, 15) is 13.2 Å². The summed E-state index contributed by atoms with van der Waals surface area (Å²) in [6.07, 6.45) is 0.485. The zero-order valence-electron chi connectivity index (χ0n) is 8.93. The third kappa shape index (κ3) is 2.69. The predicted octanol–water partition coefficient (Wildman–Crippen LogP) is 3.28. The Labute approximate surface area is 92.2 Å². The molecule has 0 spiro atoms. The van der Waals surface area contributed by atoms with E-state index in [1.165, 1.54) is 19.2 Å². The van der Waals surface area contributed by atoms with Crippen LogP contribution in [0.3, 0.4) is 0 Å². The highest BCUT2D eigenvalue weighted by Gasteiger charge is 2.39. The maximum absolute atomic E-state index is 12.6. The van der Waals surface area contributed by atoms with E-state index in [0.717, 1.165) is 0 Å². The third-order valence-electron chi connectivity index (χ3n) is 2.14. The fourth-order valence-electron chi connectivity index (χ4n) is 1.44. The SMILES string of the molecule is C#CC(c1cc(C)cc(OC)c1)C(F)(F)F. The lowest BCUT2D eigenvalue weighted by molar-refractivity contribution is -0.137. The van der Waals surface area contributed by atoms with Crippen molar-refractivity contribution in [3.05, 3.63) is 29.3 Å². The van der Waals surface area contributed by atoms with Gasteiger partial charge in [-0.1, -0.05) is 12.0 Å². The van der Waals surface area contributed by atoms with Crippen LogP contribution in [0.4, 0.5) is 13.2 Å². The predicted molar refractivity (Wildman–Crippen MR) is 55.4 cm³/mol. The first-order valence-electron chi connectivity index (χ1n) is 4.57. The second-order valence-corrected chi connectivity index (χ2v) is 3.42. The van der Waals surface area contributed by atoms with Crippen molar-refractivity contribution < 1.29 is 17.9 Å². The molecule has 0 saturated carbocycles. The van der Waals surface area contributed by atoms with Crippen molar-refractivity contribution in [1.82, 2.24) is 0 Å². The van der Waals surface area contributed by atoms with Crippen molar-refractivity contribution in [3.8, 4) is 18.1 Å². The quantitative estimate of drug-likeness (QED) is 0.706. The molecule has 1 atom stereocenters. The Hall–Kier alpha value is -1.63. The number of rotatable bonds is 2. The Morgan fingerprint density at radius 3 is 2.38 bits per heavy atom.